The van der Waals surface area contributed by atoms with E-state index in [4.69, 9.17) is 0 Å². The van der Waals surface area contributed by atoms with E-state index in [1.54, 1.807) is 24.3 Å². The highest BCUT2D eigenvalue weighted by Gasteiger charge is 2.09. The highest BCUT2D eigenvalue weighted by molar-refractivity contribution is 5.73. The van der Waals surface area contributed by atoms with Crippen molar-refractivity contribution >= 4 is 5.97 Å². The Hall–Kier alpha value is -2.36. The van der Waals surface area contributed by atoms with E-state index in [-0.39, 0.29) is 12.2 Å². The van der Waals surface area contributed by atoms with Crippen LogP contribution >= 0.6 is 0 Å². The number of hydrogen-bond donors (Lipinski definition) is 1. The largest absolute Gasteiger partial charge is 0.508 e. The first-order chi connectivity index (χ1) is 9.10. The number of phenols is 1. The predicted molar refractivity (Wildman–Crippen MR) is 69.2 cm³/mol. The first kappa shape index (κ1) is 13.1. The Morgan fingerprint density at radius 2 is 2.05 bits per heavy atom. The number of methoxy groups -OCH3 is 1. The Morgan fingerprint density at radius 3 is 2.68 bits per heavy atom. The van der Waals surface area contributed by atoms with E-state index in [0.717, 1.165) is 0 Å². The smallest absolute Gasteiger partial charge is 0.309 e. The molecule has 0 bridgehead atoms. The summed E-state index contributed by atoms with van der Waals surface area (Å²) in [4.78, 5) is 11.1. The lowest BCUT2D eigenvalue weighted by Gasteiger charge is -2.06. The van der Waals surface area contributed by atoms with Gasteiger partial charge in [0.25, 0.3) is 0 Å². The molecule has 0 radical (unpaired) electrons. The molecule has 0 heterocycles. The van der Waals surface area contributed by atoms with Crippen molar-refractivity contribution in [2.45, 2.75) is 6.42 Å². The predicted octanol–water partition coefficient (Wildman–Crippen LogP) is 2.91. The molecule has 0 spiro atoms. The second kappa shape index (κ2) is 5.52. The number of ether oxygens (including phenoxy) is 1. The van der Waals surface area contributed by atoms with Gasteiger partial charge in [0.2, 0.25) is 0 Å². The van der Waals surface area contributed by atoms with Gasteiger partial charge in [0.1, 0.15) is 11.6 Å². The van der Waals surface area contributed by atoms with Gasteiger partial charge in [-0.3, -0.25) is 4.79 Å². The maximum Gasteiger partial charge on any atom is 0.309 e. The number of aromatic hydroxyl groups is 1. The molecule has 0 saturated carbocycles. The van der Waals surface area contributed by atoms with Crippen molar-refractivity contribution < 1.29 is 19.0 Å². The van der Waals surface area contributed by atoms with Crippen molar-refractivity contribution in [3.8, 4) is 16.9 Å². The second-order valence-electron chi connectivity index (χ2n) is 4.12. The first-order valence-corrected chi connectivity index (χ1v) is 5.75. The fourth-order valence-corrected chi connectivity index (χ4v) is 1.81. The zero-order valence-electron chi connectivity index (χ0n) is 10.4. The fraction of sp³-hybridized carbons (Fsp3) is 0.133. The molecule has 0 aliphatic carbocycles. The van der Waals surface area contributed by atoms with Crippen molar-refractivity contribution in [1.29, 1.82) is 0 Å². The van der Waals surface area contributed by atoms with Crippen molar-refractivity contribution in [3.63, 3.8) is 0 Å². The summed E-state index contributed by atoms with van der Waals surface area (Å²) in [5.74, 6) is -0.771. The second-order valence-corrected chi connectivity index (χ2v) is 4.12. The molecule has 0 fully saturated rings. The van der Waals surface area contributed by atoms with Crippen molar-refractivity contribution in [2.24, 2.45) is 0 Å². The van der Waals surface area contributed by atoms with Crippen molar-refractivity contribution in [2.75, 3.05) is 7.11 Å². The van der Waals surface area contributed by atoms with Gasteiger partial charge in [-0.1, -0.05) is 24.3 Å². The number of benzene rings is 2. The third-order valence-electron chi connectivity index (χ3n) is 2.77. The summed E-state index contributed by atoms with van der Waals surface area (Å²) < 4.78 is 18.5. The van der Waals surface area contributed by atoms with Crippen molar-refractivity contribution in [1.82, 2.24) is 0 Å². The third-order valence-corrected chi connectivity index (χ3v) is 2.77. The molecule has 2 aromatic carbocycles. The molecular formula is C15H13FO3. The molecule has 0 saturated heterocycles. The highest BCUT2D eigenvalue weighted by Crippen LogP contribution is 2.26. The fourth-order valence-electron chi connectivity index (χ4n) is 1.81. The van der Waals surface area contributed by atoms with E-state index < -0.39 is 11.8 Å². The molecular weight excluding hydrogens is 247 g/mol. The van der Waals surface area contributed by atoms with E-state index in [2.05, 4.69) is 4.74 Å². The van der Waals surface area contributed by atoms with Crippen LogP contribution in [0.15, 0.2) is 42.5 Å². The Labute approximate surface area is 110 Å². The number of carbonyl (C=O) groups is 1. The third kappa shape index (κ3) is 3.10. The van der Waals surface area contributed by atoms with Gasteiger partial charge < -0.3 is 9.84 Å². The van der Waals surface area contributed by atoms with Crippen LogP contribution in [0.25, 0.3) is 11.1 Å². The number of rotatable bonds is 3. The van der Waals surface area contributed by atoms with E-state index in [1.807, 2.05) is 0 Å². The lowest BCUT2D eigenvalue weighted by molar-refractivity contribution is -0.139. The minimum Gasteiger partial charge on any atom is -0.508 e. The minimum absolute atomic E-state index is 0.0355. The molecule has 98 valence electrons. The van der Waals surface area contributed by atoms with Gasteiger partial charge in [-0.25, -0.2) is 4.39 Å². The summed E-state index contributed by atoms with van der Waals surface area (Å²) in [6, 6.07) is 10.9. The summed E-state index contributed by atoms with van der Waals surface area (Å²) in [5.41, 5.74) is 1.51. The van der Waals surface area contributed by atoms with Crippen molar-refractivity contribution in [3.05, 3.63) is 53.8 Å². The monoisotopic (exact) mass is 260 g/mol. The van der Waals surface area contributed by atoms with Gasteiger partial charge in [-0.2, -0.15) is 0 Å². The Kier molecular flexibility index (Phi) is 3.80. The topological polar surface area (TPSA) is 46.5 Å². The summed E-state index contributed by atoms with van der Waals surface area (Å²) in [7, 11) is 1.29. The van der Waals surface area contributed by atoms with Gasteiger partial charge in [0.15, 0.2) is 0 Å². The highest BCUT2D eigenvalue weighted by atomic mass is 19.1. The standard InChI is InChI=1S/C15H13FO3/c1-19-15(18)8-10-5-6-13(14(16)7-10)11-3-2-4-12(17)9-11/h2-7,9,17H,8H2,1H3. The summed E-state index contributed by atoms with van der Waals surface area (Å²) in [6.45, 7) is 0. The van der Waals surface area contributed by atoms with Crippen LogP contribution in [0.4, 0.5) is 4.39 Å². The summed E-state index contributed by atoms with van der Waals surface area (Å²) in [5, 5.41) is 9.39. The number of halogens is 1. The number of esters is 1. The molecule has 0 amide bonds. The number of carbonyl (C=O) groups excluding carboxylic acids is 1. The van der Waals surface area contributed by atoms with Crippen LogP contribution in [0, 0.1) is 5.82 Å². The van der Waals surface area contributed by atoms with Gasteiger partial charge in [0.05, 0.1) is 13.5 Å². The van der Waals surface area contributed by atoms with Gasteiger partial charge in [-0.15, -0.1) is 0 Å². The normalized spacial score (nSPS) is 10.2. The molecule has 2 aromatic rings. The molecule has 19 heavy (non-hydrogen) atoms. The molecule has 1 N–H and O–H groups in total. The van der Waals surface area contributed by atoms with Crippen LogP contribution in [0.1, 0.15) is 5.56 Å². The molecule has 0 unspecified atom stereocenters. The molecule has 0 aliphatic heterocycles. The molecule has 3 nitrogen and oxygen atoms in total. The van der Waals surface area contributed by atoms with E-state index in [9.17, 15) is 14.3 Å². The summed E-state index contributed by atoms with van der Waals surface area (Å²) >= 11 is 0. The van der Waals surface area contributed by atoms with Gasteiger partial charge in [-0.05, 0) is 29.3 Å². The van der Waals surface area contributed by atoms with E-state index >= 15 is 0 Å². The van der Waals surface area contributed by atoms with Crippen LogP contribution in [-0.4, -0.2) is 18.2 Å². The zero-order chi connectivity index (χ0) is 13.8. The quantitative estimate of drug-likeness (QED) is 0.863. The van der Waals surface area contributed by atoms with Gasteiger partial charge in [0, 0.05) is 5.56 Å². The van der Waals surface area contributed by atoms with Crippen LogP contribution < -0.4 is 0 Å². The lowest BCUT2D eigenvalue weighted by atomic mass is 10.0. The van der Waals surface area contributed by atoms with E-state index in [0.29, 0.717) is 16.7 Å². The van der Waals surface area contributed by atoms with Crippen LogP contribution in [-0.2, 0) is 16.0 Å². The zero-order valence-corrected chi connectivity index (χ0v) is 10.4. The maximum atomic E-state index is 14.0. The van der Waals surface area contributed by atoms with Crippen LogP contribution in [0.2, 0.25) is 0 Å². The molecule has 0 aromatic heterocycles. The molecule has 0 atom stereocenters. The van der Waals surface area contributed by atoms with Crippen LogP contribution in [0.3, 0.4) is 0 Å². The Balaban J connectivity index is 2.32. The average molecular weight is 260 g/mol. The molecule has 2 rings (SSSR count). The first-order valence-electron chi connectivity index (χ1n) is 5.75. The van der Waals surface area contributed by atoms with E-state index in [1.165, 1.54) is 25.3 Å². The molecule has 0 aliphatic rings. The minimum atomic E-state index is -0.438. The Morgan fingerprint density at radius 1 is 1.26 bits per heavy atom. The maximum absolute atomic E-state index is 14.0. The SMILES string of the molecule is COC(=O)Cc1ccc(-c2cccc(O)c2)c(F)c1. The van der Waals surface area contributed by atoms with Crippen LogP contribution in [0.5, 0.6) is 5.75 Å². The Bertz CT molecular complexity index is 608. The number of phenolic OH excluding ortho intramolecular Hbond substituents is 1. The van der Waals surface area contributed by atoms with Gasteiger partial charge >= 0.3 is 5.97 Å². The molecule has 4 heteroatoms. The lowest BCUT2D eigenvalue weighted by Crippen LogP contribution is -2.04. The average Bonchev–Trinajstić information content (AvgIpc) is 2.38. The number of hydrogen-bond acceptors (Lipinski definition) is 3. The summed E-state index contributed by atoms with van der Waals surface area (Å²) in [6.07, 6.45) is 0.0355.